The van der Waals surface area contributed by atoms with E-state index in [1.54, 1.807) is 6.92 Å². The number of amides is 2. The first-order chi connectivity index (χ1) is 14.0. The van der Waals surface area contributed by atoms with E-state index in [-0.39, 0.29) is 12.6 Å². The van der Waals surface area contributed by atoms with Gasteiger partial charge in [-0.25, -0.2) is 9.59 Å². The lowest BCUT2D eigenvalue weighted by atomic mass is 9.95. The monoisotopic (exact) mass is 393 g/mol. The molecule has 0 spiro atoms. The molecule has 0 fully saturated rings. The van der Waals surface area contributed by atoms with Crippen molar-refractivity contribution in [2.75, 3.05) is 18.0 Å². The zero-order chi connectivity index (χ0) is 20.8. The molecule has 152 valence electrons. The summed E-state index contributed by atoms with van der Waals surface area (Å²) >= 11 is 0. The summed E-state index contributed by atoms with van der Waals surface area (Å²) in [5.41, 5.74) is 3.77. The maximum Gasteiger partial charge on any atom is 0.338 e. The molecule has 6 heteroatoms. The molecule has 1 atom stereocenters. The van der Waals surface area contributed by atoms with Crippen LogP contribution in [0, 0.1) is 0 Å². The first-order valence-corrected chi connectivity index (χ1v) is 9.87. The zero-order valence-electron chi connectivity index (χ0n) is 17.1. The van der Waals surface area contributed by atoms with Crippen LogP contribution in [0.4, 0.5) is 10.5 Å². The fourth-order valence-electron chi connectivity index (χ4n) is 3.48. The fourth-order valence-corrected chi connectivity index (χ4v) is 3.48. The van der Waals surface area contributed by atoms with Gasteiger partial charge in [-0.1, -0.05) is 42.5 Å². The summed E-state index contributed by atoms with van der Waals surface area (Å²) in [4.78, 5) is 27.2. The van der Waals surface area contributed by atoms with Gasteiger partial charge >= 0.3 is 12.0 Å². The number of hydrogen-bond donors (Lipinski definition) is 2. The molecule has 1 heterocycles. The highest BCUT2D eigenvalue weighted by Gasteiger charge is 2.32. The summed E-state index contributed by atoms with van der Waals surface area (Å²) in [6, 6.07) is 16.5. The van der Waals surface area contributed by atoms with Crippen molar-refractivity contribution >= 4 is 17.7 Å². The number of hydrogen-bond acceptors (Lipinski definition) is 4. The maximum atomic E-state index is 12.9. The molecule has 0 radical (unpaired) electrons. The van der Waals surface area contributed by atoms with E-state index in [0.717, 1.165) is 29.9 Å². The van der Waals surface area contributed by atoms with Crippen LogP contribution in [0.25, 0.3) is 0 Å². The molecule has 0 saturated carbocycles. The van der Waals surface area contributed by atoms with Crippen LogP contribution in [-0.4, -0.2) is 25.1 Å². The number of benzene rings is 2. The summed E-state index contributed by atoms with van der Waals surface area (Å²) in [5, 5.41) is 5.52. The first-order valence-electron chi connectivity index (χ1n) is 9.87. The Hall–Kier alpha value is -3.28. The van der Waals surface area contributed by atoms with Crippen LogP contribution in [0.3, 0.4) is 0 Å². The molecule has 2 aromatic carbocycles. The lowest BCUT2D eigenvalue weighted by Crippen LogP contribution is -2.45. The highest BCUT2D eigenvalue weighted by atomic mass is 16.5. The van der Waals surface area contributed by atoms with E-state index in [0.29, 0.717) is 11.3 Å². The number of carbonyl (C=O) groups is 2. The maximum absolute atomic E-state index is 12.9. The van der Waals surface area contributed by atoms with E-state index in [2.05, 4.69) is 29.4 Å². The second kappa shape index (κ2) is 9.28. The Balaban J connectivity index is 1.82. The molecule has 2 aromatic rings. The summed E-state index contributed by atoms with van der Waals surface area (Å²) in [5.74, 6) is -0.448. The van der Waals surface area contributed by atoms with Gasteiger partial charge in [-0.15, -0.1) is 0 Å². The van der Waals surface area contributed by atoms with Crippen molar-refractivity contribution in [2.24, 2.45) is 0 Å². The van der Waals surface area contributed by atoms with E-state index < -0.39 is 12.0 Å². The third-order valence-corrected chi connectivity index (χ3v) is 5.06. The second-order valence-corrected chi connectivity index (χ2v) is 6.90. The number of esters is 1. The second-order valence-electron chi connectivity index (χ2n) is 6.90. The van der Waals surface area contributed by atoms with E-state index in [4.69, 9.17) is 4.74 Å². The minimum absolute atomic E-state index is 0.179. The number of carbonyl (C=O) groups excluding carboxylic acids is 2. The minimum atomic E-state index is -0.558. The molecule has 1 aliphatic heterocycles. The van der Waals surface area contributed by atoms with Crippen molar-refractivity contribution in [1.29, 1.82) is 0 Å². The van der Waals surface area contributed by atoms with E-state index >= 15 is 0 Å². The van der Waals surface area contributed by atoms with Crippen molar-refractivity contribution in [3.63, 3.8) is 0 Å². The van der Waals surface area contributed by atoms with Gasteiger partial charge in [0.1, 0.15) is 6.61 Å². The van der Waals surface area contributed by atoms with Crippen molar-refractivity contribution in [3.8, 4) is 0 Å². The summed E-state index contributed by atoms with van der Waals surface area (Å²) in [6.45, 7) is 7.94. The van der Waals surface area contributed by atoms with Crippen LogP contribution in [0.15, 0.2) is 65.9 Å². The highest BCUT2D eigenvalue weighted by Crippen LogP contribution is 2.29. The Morgan fingerprint density at radius 3 is 2.31 bits per heavy atom. The molecule has 0 bridgehead atoms. The number of ether oxygens (including phenoxy) is 1. The Bertz CT molecular complexity index is 887. The zero-order valence-corrected chi connectivity index (χ0v) is 17.1. The number of nitrogens with zero attached hydrogens (tertiary/aromatic N) is 1. The summed E-state index contributed by atoms with van der Waals surface area (Å²) in [7, 11) is 0. The molecule has 6 nitrogen and oxygen atoms in total. The fraction of sp³-hybridized carbons (Fsp3) is 0.304. The molecule has 0 aromatic heterocycles. The van der Waals surface area contributed by atoms with Crippen LogP contribution in [-0.2, 0) is 16.1 Å². The van der Waals surface area contributed by atoms with Crippen molar-refractivity contribution in [2.45, 2.75) is 33.4 Å². The molecule has 3 rings (SSSR count). The topological polar surface area (TPSA) is 70.7 Å². The third-order valence-electron chi connectivity index (χ3n) is 5.06. The Morgan fingerprint density at radius 2 is 1.69 bits per heavy atom. The highest BCUT2D eigenvalue weighted by molar-refractivity contribution is 5.95. The van der Waals surface area contributed by atoms with Gasteiger partial charge < -0.3 is 20.3 Å². The largest absolute Gasteiger partial charge is 0.457 e. The van der Waals surface area contributed by atoms with Crippen LogP contribution < -0.4 is 15.5 Å². The first kappa shape index (κ1) is 20.5. The Labute approximate surface area is 171 Å². The van der Waals surface area contributed by atoms with Gasteiger partial charge in [0.15, 0.2) is 0 Å². The Morgan fingerprint density at radius 1 is 1.03 bits per heavy atom. The quantitative estimate of drug-likeness (QED) is 0.700. The number of anilines is 1. The van der Waals surface area contributed by atoms with Gasteiger partial charge in [0.25, 0.3) is 0 Å². The smallest absolute Gasteiger partial charge is 0.338 e. The van der Waals surface area contributed by atoms with Gasteiger partial charge in [-0.2, -0.15) is 0 Å². The molecule has 2 N–H and O–H groups in total. The van der Waals surface area contributed by atoms with Crippen LogP contribution in [0.2, 0.25) is 0 Å². The van der Waals surface area contributed by atoms with Gasteiger partial charge in [0.2, 0.25) is 0 Å². The lowest BCUT2D eigenvalue weighted by molar-refractivity contribution is -0.140. The molecule has 0 saturated heterocycles. The van der Waals surface area contributed by atoms with Gasteiger partial charge in [-0.05, 0) is 44.0 Å². The average molecular weight is 393 g/mol. The number of rotatable bonds is 7. The van der Waals surface area contributed by atoms with Gasteiger partial charge in [0, 0.05) is 24.5 Å². The van der Waals surface area contributed by atoms with Crippen LogP contribution in [0.1, 0.15) is 37.9 Å². The van der Waals surface area contributed by atoms with Crippen LogP contribution >= 0.6 is 0 Å². The number of urea groups is 1. The minimum Gasteiger partial charge on any atom is -0.457 e. The number of nitrogens with one attached hydrogen (secondary N) is 2. The molecule has 0 unspecified atom stereocenters. The molecule has 1 aliphatic rings. The standard InChI is InChI=1S/C23H27N3O3/c1-4-26(5-2)19-13-11-18(12-14-19)21-20(16(3)24-23(28)25-21)22(27)29-15-17-9-7-6-8-10-17/h6-14,21H,4-5,15H2,1-3H3,(H2,24,25,28)/t21-/m0/s1. The number of allylic oxidation sites excluding steroid dienone is 1. The summed E-state index contributed by atoms with van der Waals surface area (Å²) < 4.78 is 5.53. The van der Waals surface area contributed by atoms with Crippen molar-refractivity contribution in [1.82, 2.24) is 10.6 Å². The van der Waals surface area contributed by atoms with Gasteiger partial charge in [-0.3, -0.25) is 0 Å². The SMILES string of the molecule is CCN(CC)c1ccc([C@@H]2NC(=O)NC(C)=C2C(=O)OCc2ccccc2)cc1. The summed E-state index contributed by atoms with van der Waals surface area (Å²) in [6.07, 6.45) is 0. The average Bonchev–Trinajstić information content (AvgIpc) is 2.73. The molecule has 0 aliphatic carbocycles. The van der Waals surface area contributed by atoms with E-state index in [1.165, 1.54) is 0 Å². The molecule has 2 amide bonds. The predicted molar refractivity (Wildman–Crippen MR) is 113 cm³/mol. The van der Waals surface area contributed by atoms with Crippen LogP contribution in [0.5, 0.6) is 0 Å². The van der Waals surface area contributed by atoms with E-state index in [1.807, 2.05) is 54.6 Å². The molecular weight excluding hydrogens is 366 g/mol. The van der Waals surface area contributed by atoms with Crippen molar-refractivity contribution < 1.29 is 14.3 Å². The predicted octanol–water partition coefficient (Wildman–Crippen LogP) is 3.90. The van der Waals surface area contributed by atoms with E-state index in [9.17, 15) is 9.59 Å². The van der Waals surface area contributed by atoms with Gasteiger partial charge in [0.05, 0.1) is 11.6 Å². The normalized spacial score (nSPS) is 16.1. The molecule has 29 heavy (non-hydrogen) atoms. The Kier molecular flexibility index (Phi) is 6.54. The molecular formula is C23H27N3O3. The third kappa shape index (κ3) is 4.77. The van der Waals surface area contributed by atoms with Crippen molar-refractivity contribution in [3.05, 3.63) is 77.0 Å². The lowest BCUT2D eigenvalue weighted by Gasteiger charge is -2.29.